The van der Waals surface area contributed by atoms with Crippen molar-refractivity contribution in [2.24, 2.45) is 0 Å². The number of hydrogen-bond acceptors (Lipinski definition) is 2. The maximum absolute atomic E-state index is 11.4. The number of carbonyl (C=O) groups is 2. The summed E-state index contributed by atoms with van der Waals surface area (Å²) in [5.41, 5.74) is 0.332. The molecule has 0 aliphatic carbocycles. The summed E-state index contributed by atoms with van der Waals surface area (Å²) in [7, 11) is 0. The molecule has 0 unspecified atom stereocenters. The minimum atomic E-state index is -1.14. The molecule has 0 saturated carbocycles. The van der Waals surface area contributed by atoms with Gasteiger partial charge in [-0.15, -0.1) is 0 Å². The molecule has 0 saturated heterocycles. The molecule has 1 aromatic carbocycles. The Hall–Kier alpha value is -1.75. The van der Waals surface area contributed by atoms with Crippen LogP contribution in [0.3, 0.4) is 0 Å². The van der Waals surface area contributed by atoms with E-state index in [4.69, 9.17) is 16.7 Å². The number of amides is 2. The number of urea groups is 1. The van der Waals surface area contributed by atoms with Crippen LogP contribution in [0.25, 0.3) is 0 Å². The third-order valence-electron chi connectivity index (χ3n) is 1.87. The van der Waals surface area contributed by atoms with Gasteiger partial charge in [0.25, 0.3) is 0 Å². The monoisotopic (exact) mass is 256 g/mol. The van der Waals surface area contributed by atoms with Crippen molar-refractivity contribution in [1.29, 1.82) is 0 Å². The number of aromatic carboxylic acids is 1. The molecule has 0 heterocycles. The van der Waals surface area contributed by atoms with Crippen molar-refractivity contribution in [1.82, 2.24) is 5.32 Å². The number of carboxylic acid groups (broad SMARTS) is 1. The van der Waals surface area contributed by atoms with Crippen LogP contribution in [-0.2, 0) is 0 Å². The molecule has 0 atom stereocenters. The van der Waals surface area contributed by atoms with Gasteiger partial charge in [-0.25, -0.2) is 9.59 Å². The first-order valence-corrected chi connectivity index (χ1v) is 5.38. The van der Waals surface area contributed by atoms with E-state index in [2.05, 4.69) is 10.6 Å². The van der Waals surface area contributed by atoms with Crippen molar-refractivity contribution in [3.8, 4) is 0 Å². The van der Waals surface area contributed by atoms with E-state index >= 15 is 0 Å². The van der Waals surface area contributed by atoms with Crippen LogP contribution in [0.4, 0.5) is 10.5 Å². The van der Waals surface area contributed by atoms with Gasteiger partial charge in [0.15, 0.2) is 0 Å². The van der Waals surface area contributed by atoms with E-state index in [1.165, 1.54) is 18.2 Å². The van der Waals surface area contributed by atoms with Crippen LogP contribution in [-0.4, -0.2) is 23.1 Å². The van der Waals surface area contributed by atoms with Crippen LogP contribution in [0.15, 0.2) is 18.2 Å². The Balaban J connectivity index is 2.82. The third-order valence-corrected chi connectivity index (χ3v) is 2.20. The highest BCUT2D eigenvalue weighted by Gasteiger charge is 2.10. The lowest BCUT2D eigenvalue weighted by Gasteiger charge is -2.10. The number of carboxylic acids is 1. The number of anilines is 1. The second kappa shape index (κ2) is 5.54. The van der Waals surface area contributed by atoms with Crippen molar-refractivity contribution in [3.05, 3.63) is 28.8 Å². The summed E-state index contributed by atoms with van der Waals surface area (Å²) in [5.74, 6) is -1.14. The summed E-state index contributed by atoms with van der Waals surface area (Å²) >= 11 is 5.70. The van der Waals surface area contributed by atoms with Crippen LogP contribution in [0, 0.1) is 0 Å². The topological polar surface area (TPSA) is 78.4 Å². The fraction of sp³-hybridized carbons (Fsp3) is 0.273. The second-order valence-electron chi connectivity index (χ2n) is 3.75. The van der Waals surface area contributed by atoms with Crippen molar-refractivity contribution in [3.63, 3.8) is 0 Å². The van der Waals surface area contributed by atoms with E-state index in [-0.39, 0.29) is 16.6 Å². The molecule has 0 bridgehead atoms. The molecule has 1 rings (SSSR count). The van der Waals surface area contributed by atoms with Crippen molar-refractivity contribution in [2.45, 2.75) is 19.9 Å². The van der Waals surface area contributed by atoms with Gasteiger partial charge in [-0.3, -0.25) is 0 Å². The number of benzene rings is 1. The van der Waals surface area contributed by atoms with Gasteiger partial charge < -0.3 is 15.7 Å². The molecule has 0 aromatic heterocycles. The minimum Gasteiger partial charge on any atom is -0.478 e. The Bertz CT molecular complexity index is 446. The fourth-order valence-corrected chi connectivity index (χ4v) is 1.39. The Kier molecular flexibility index (Phi) is 4.34. The minimum absolute atomic E-state index is 0.00115. The number of hydrogen-bond donors (Lipinski definition) is 3. The first-order valence-electron chi connectivity index (χ1n) is 5.00. The van der Waals surface area contributed by atoms with Crippen molar-refractivity contribution in [2.75, 3.05) is 5.32 Å². The molecule has 92 valence electrons. The van der Waals surface area contributed by atoms with Gasteiger partial charge in [-0.1, -0.05) is 11.6 Å². The quantitative estimate of drug-likeness (QED) is 0.778. The van der Waals surface area contributed by atoms with Gasteiger partial charge >= 0.3 is 12.0 Å². The highest BCUT2D eigenvalue weighted by atomic mass is 35.5. The number of carbonyl (C=O) groups excluding carboxylic acids is 1. The predicted octanol–water partition coefficient (Wildman–Crippen LogP) is 2.57. The lowest BCUT2D eigenvalue weighted by atomic mass is 10.2. The van der Waals surface area contributed by atoms with Crippen LogP contribution < -0.4 is 10.6 Å². The zero-order valence-electron chi connectivity index (χ0n) is 9.45. The molecular formula is C11H13ClN2O3. The van der Waals surface area contributed by atoms with Gasteiger partial charge in [-0.2, -0.15) is 0 Å². The lowest BCUT2D eigenvalue weighted by Crippen LogP contribution is -2.34. The van der Waals surface area contributed by atoms with Crippen molar-refractivity contribution >= 4 is 29.3 Å². The molecule has 0 spiro atoms. The van der Waals surface area contributed by atoms with E-state index < -0.39 is 12.0 Å². The van der Waals surface area contributed by atoms with Crippen LogP contribution in [0.1, 0.15) is 24.2 Å². The Morgan fingerprint density at radius 2 is 2.00 bits per heavy atom. The second-order valence-corrected chi connectivity index (χ2v) is 4.16. The maximum atomic E-state index is 11.4. The number of rotatable bonds is 3. The molecule has 2 amide bonds. The van der Waals surface area contributed by atoms with E-state index in [1.807, 2.05) is 13.8 Å². The fourth-order valence-electron chi connectivity index (χ4n) is 1.20. The average Bonchev–Trinajstić information content (AvgIpc) is 2.19. The van der Waals surface area contributed by atoms with E-state index in [0.29, 0.717) is 5.69 Å². The predicted molar refractivity (Wildman–Crippen MR) is 65.7 cm³/mol. The van der Waals surface area contributed by atoms with Gasteiger partial charge in [0.05, 0.1) is 10.6 Å². The number of halogens is 1. The standard InChI is InChI=1S/C11H13ClN2O3/c1-6(2)13-11(17)14-7-3-4-9(12)8(5-7)10(15)16/h3-6H,1-2H3,(H,15,16)(H2,13,14,17). The SMILES string of the molecule is CC(C)NC(=O)Nc1ccc(Cl)c(C(=O)O)c1. The number of nitrogens with one attached hydrogen (secondary N) is 2. The van der Waals surface area contributed by atoms with Crippen molar-refractivity contribution < 1.29 is 14.7 Å². The highest BCUT2D eigenvalue weighted by molar-refractivity contribution is 6.33. The first-order chi connectivity index (χ1) is 7.90. The molecule has 0 aliphatic rings. The summed E-state index contributed by atoms with van der Waals surface area (Å²) in [6, 6.07) is 3.88. The van der Waals surface area contributed by atoms with E-state index in [9.17, 15) is 9.59 Å². The molecule has 6 heteroatoms. The van der Waals surface area contributed by atoms with E-state index in [0.717, 1.165) is 0 Å². The van der Waals surface area contributed by atoms with Gasteiger partial charge in [0, 0.05) is 11.7 Å². The largest absolute Gasteiger partial charge is 0.478 e. The molecule has 3 N–H and O–H groups in total. The normalized spacial score (nSPS) is 10.1. The van der Waals surface area contributed by atoms with Gasteiger partial charge in [0.1, 0.15) is 0 Å². The van der Waals surface area contributed by atoms with Crippen LogP contribution in [0.2, 0.25) is 5.02 Å². The Morgan fingerprint density at radius 1 is 1.35 bits per heavy atom. The van der Waals surface area contributed by atoms with Crippen LogP contribution >= 0.6 is 11.6 Å². The zero-order valence-corrected chi connectivity index (χ0v) is 10.2. The summed E-state index contributed by atoms with van der Waals surface area (Å²) in [5, 5.41) is 14.1. The highest BCUT2D eigenvalue weighted by Crippen LogP contribution is 2.20. The van der Waals surface area contributed by atoms with Gasteiger partial charge in [0.2, 0.25) is 0 Å². The summed E-state index contributed by atoms with van der Waals surface area (Å²) in [6.45, 7) is 3.65. The molecule has 5 nitrogen and oxygen atoms in total. The molecule has 1 aromatic rings. The smallest absolute Gasteiger partial charge is 0.337 e. The molecule has 0 fully saturated rings. The molecule has 0 radical (unpaired) electrons. The average molecular weight is 257 g/mol. The summed E-state index contributed by atoms with van der Waals surface area (Å²) < 4.78 is 0. The summed E-state index contributed by atoms with van der Waals surface area (Å²) in [4.78, 5) is 22.2. The molecule has 17 heavy (non-hydrogen) atoms. The Labute approximate surface area is 104 Å². The van der Waals surface area contributed by atoms with E-state index in [1.54, 1.807) is 0 Å². The van der Waals surface area contributed by atoms with Gasteiger partial charge in [-0.05, 0) is 32.0 Å². The maximum Gasteiger partial charge on any atom is 0.337 e. The third kappa shape index (κ3) is 3.96. The summed E-state index contributed by atoms with van der Waals surface area (Å²) in [6.07, 6.45) is 0. The van der Waals surface area contributed by atoms with Crippen LogP contribution in [0.5, 0.6) is 0 Å². The zero-order chi connectivity index (χ0) is 13.0. The molecular weight excluding hydrogens is 244 g/mol. The molecule has 0 aliphatic heterocycles. The Morgan fingerprint density at radius 3 is 2.53 bits per heavy atom. The first kappa shape index (κ1) is 13.3. The lowest BCUT2D eigenvalue weighted by molar-refractivity contribution is 0.0697.